The first-order valence-electron chi connectivity index (χ1n) is 5.64. The van der Waals surface area contributed by atoms with Crippen molar-refractivity contribution >= 4 is 11.9 Å². The van der Waals surface area contributed by atoms with Crippen LogP contribution >= 0.6 is 0 Å². The second-order valence-corrected chi connectivity index (χ2v) is 3.45. The Labute approximate surface area is 96.5 Å². The van der Waals surface area contributed by atoms with Crippen molar-refractivity contribution in [1.82, 2.24) is 10.2 Å². The van der Waals surface area contributed by atoms with E-state index in [0.29, 0.717) is 26.1 Å². The number of unbranched alkanes of at least 4 members (excludes halogenated alkanes) is 1. The molecule has 0 aromatic carbocycles. The van der Waals surface area contributed by atoms with Gasteiger partial charge in [0.25, 0.3) is 0 Å². The Morgan fingerprint density at radius 1 is 1.38 bits per heavy atom. The second kappa shape index (κ2) is 8.82. The highest BCUT2D eigenvalue weighted by molar-refractivity contribution is 5.79. The van der Waals surface area contributed by atoms with Crippen molar-refractivity contribution in [3.8, 4) is 0 Å². The number of nitrogens with one attached hydrogen (secondary N) is 1. The molecule has 0 aromatic rings. The maximum atomic E-state index is 11.5. The molecule has 16 heavy (non-hydrogen) atoms. The number of urea groups is 1. The minimum absolute atomic E-state index is 0.0335. The smallest absolute Gasteiger partial charge is 0.317 e. The Morgan fingerprint density at radius 2 is 2.00 bits per heavy atom. The maximum absolute atomic E-state index is 11.5. The van der Waals surface area contributed by atoms with E-state index in [9.17, 15) is 4.79 Å². The molecule has 0 rings (SSSR count). The molecule has 2 amide bonds. The summed E-state index contributed by atoms with van der Waals surface area (Å²) in [5, 5.41) is 14.0. The van der Waals surface area contributed by atoms with Gasteiger partial charge in [-0.2, -0.15) is 0 Å². The first-order chi connectivity index (χ1) is 7.65. The Morgan fingerprint density at radius 3 is 2.50 bits per heavy atom. The van der Waals surface area contributed by atoms with Gasteiger partial charge in [-0.3, -0.25) is 0 Å². The van der Waals surface area contributed by atoms with E-state index in [2.05, 4.69) is 10.5 Å². The van der Waals surface area contributed by atoms with Crippen LogP contribution in [0.15, 0.2) is 5.16 Å². The van der Waals surface area contributed by atoms with Gasteiger partial charge in [-0.25, -0.2) is 4.79 Å². The van der Waals surface area contributed by atoms with E-state index in [1.165, 1.54) is 0 Å². The zero-order valence-corrected chi connectivity index (χ0v) is 10.1. The number of amidine groups is 1. The van der Waals surface area contributed by atoms with Gasteiger partial charge in [-0.05, 0) is 26.7 Å². The molecule has 0 saturated carbocycles. The molecule has 0 aliphatic carbocycles. The van der Waals surface area contributed by atoms with E-state index in [1.807, 2.05) is 13.8 Å². The molecule has 0 aromatic heterocycles. The minimum atomic E-state index is -0.0335. The highest BCUT2D eigenvalue weighted by Crippen LogP contribution is 1.95. The standard InChI is InChI=1S/C10H22N4O2/c1-3-14(4-2)10(15)12-8-6-5-7-9(11)13-16/h16H,3-8H2,1-2H3,(H2,11,13)(H,12,15). The van der Waals surface area contributed by atoms with Crippen LogP contribution in [0.25, 0.3) is 0 Å². The summed E-state index contributed by atoms with van der Waals surface area (Å²) in [7, 11) is 0. The molecule has 0 aliphatic heterocycles. The molecule has 0 spiro atoms. The van der Waals surface area contributed by atoms with Crippen molar-refractivity contribution in [1.29, 1.82) is 0 Å². The first kappa shape index (κ1) is 14.5. The summed E-state index contributed by atoms with van der Waals surface area (Å²) in [4.78, 5) is 13.2. The van der Waals surface area contributed by atoms with Crippen LogP contribution in [0.4, 0.5) is 4.79 Å². The molecule has 6 heteroatoms. The molecule has 0 saturated heterocycles. The number of carbonyl (C=O) groups is 1. The summed E-state index contributed by atoms with van der Waals surface area (Å²) in [6, 6.07) is -0.0335. The van der Waals surface area contributed by atoms with Crippen LogP contribution in [0.2, 0.25) is 0 Å². The van der Waals surface area contributed by atoms with E-state index in [1.54, 1.807) is 4.90 Å². The maximum Gasteiger partial charge on any atom is 0.317 e. The number of hydrogen-bond donors (Lipinski definition) is 3. The summed E-state index contributed by atoms with van der Waals surface area (Å²) < 4.78 is 0. The van der Waals surface area contributed by atoms with Crippen molar-refractivity contribution in [3.05, 3.63) is 0 Å². The van der Waals surface area contributed by atoms with Crippen LogP contribution in [0.5, 0.6) is 0 Å². The largest absolute Gasteiger partial charge is 0.409 e. The third kappa shape index (κ3) is 6.10. The van der Waals surface area contributed by atoms with Crippen LogP contribution in [-0.2, 0) is 0 Å². The number of rotatable bonds is 7. The van der Waals surface area contributed by atoms with Crippen LogP contribution < -0.4 is 11.1 Å². The van der Waals surface area contributed by atoms with E-state index in [-0.39, 0.29) is 11.9 Å². The molecule has 0 heterocycles. The van der Waals surface area contributed by atoms with E-state index in [4.69, 9.17) is 10.9 Å². The topological polar surface area (TPSA) is 91.0 Å². The summed E-state index contributed by atoms with van der Waals surface area (Å²) in [5.74, 6) is 0.232. The summed E-state index contributed by atoms with van der Waals surface area (Å²) in [5.41, 5.74) is 5.31. The van der Waals surface area contributed by atoms with E-state index >= 15 is 0 Å². The fourth-order valence-electron chi connectivity index (χ4n) is 1.30. The summed E-state index contributed by atoms with van der Waals surface area (Å²) in [6.07, 6.45) is 2.18. The minimum Gasteiger partial charge on any atom is -0.409 e. The Hall–Kier alpha value is -1.46. The van der Waals surface area contributed by atoms with Crippen molar-refractivity contribution in [3.63, 3.8) is 0 Å². The zero-order chi connectivity index (χ0) is 12.4. The highest BCUT2D eigenvalue weighted by atomic mass is 16.4. The van der Waals surface area contributed by atoms with Crippen molar-refractivity contribution in [2.24, 2.45) is 10.9 Å². The van der Waals surface area contributed by atoms with Gasteiger partial charge in [0.1, 0.15) is 5.84 Å². The molecule has 0 atom stereocenters. The average molecular weight is 230 g/mol. The fraction of sp³-hybridized carbons (Fsp3) is 0.800. The lowest BCUT2D eigenvalue weighted by Crippen LogP contribution is -2.40. The van der Waals surface area contributed by atoms with Gasteiger partial charge in [-0.1, -0.05) is 5.16 Å². The summed E-state index contributed by atoms with van der Waals surface area (Å²) >= 11 is 0. The molecule has 0 fully saturated rings. The molecule has 0 aliphatic rings. The van der Waals surface area contributed by atoms with Crippen LogP contribution in [0, 0.1) is 0 Å². The third-order valence-corrected chi connectivity index (χ3v) is 2.32. The van der Waals surface area contributed by atoms with Crippen molar-refractivity contribution in [2.75, 3.05) is 19.6 Å². The lowest BCUT2D eigenvalue weighted by molar-refractivity contribution is 0.203. The lowest BCUT2D eigenvalue weighted by Gasteiger charge is -2.19. The van der Waals surface area contributed by atoms with Gasteiger partial charge in [-0.15, -0.1) is 0 Å². The second-order valence-electron chi connectivity index (χ2n) is 3.45. The number of amides is 2. The van der Waals surface area contributed by atoms with Crippen molar-refractivity contribution < 1.29 is 10.0 Å². The number of oxime groups is 1. The predicted molar refractivity (Wildman–Crippen MR) is 63.6 cm³/mol. The first-order valence-corrected chi connectivity index (χ1v) is 5.64. The van der Waals surface area contributed by atoms with Gasteiger partial charge in [0.05, 0.1) is 0 Å². The fourth-order valence-corrected chi connectivity index (χ4v) is 1.30. The van der Waals surface area contributed by atoms with Gasteiger partial charge in [0.2, 0.25) is 0 Å². The Kier molecular flexibility index (Phi) is 8.01. The predicted octanol–water partition coefficient (Wildman–Crippen LogP) is 0.954. The molecule has 0 bridgehead atoms. The molecule has 0 radical (unpaired) electrons. The van der Waals surface area contributed by atoms with Gasteiger partial charge < -0.3 is 21.2 Å². The lowest BCUT2D eigenvalue weighted by atomic mass is 10.2. The van der Waals surface area contributed by atoms with Crippen LogP contribution in [0.1, 0.15) is 33.1 Å². The zero-order valence-electron chi connectivity index (χ0n) is 10.1. The molecule has 94 valence electrons. The quantitative estimate of drug-likeness (QED) is 0.200. The average Bonchev–Trinajstić information content (AvgIpc) is 2.29. The van der Waals surface area contributed by atoms with Crippen LogP contribution in [-0.4, -0.2) is 41.6 Å². The highest BCUT2D eigenvalue weighted by Gasteiger charge is 2.07. The molecule has 4 N–H and O–H groups in total. The monoisotopic (exact) mass is 230 g/mol. The van der Waals surface area contributed by atoms with E-state index in [0.717, 1.165) is 12.8 Å². The normalized spacial score (nSPS) is 11.2. The van der Waals surface area contributed by atoms with Crippen LogP contribution in [0.3, 0.4) is 0 Å². The van der Waals surface area contributed by atoms with Gasteiger partial charge in [0, 0.05) is 26.1 Å². The number of carbonyl (C=O) groups excluding carboxylic acids is 1. The molecule has 6 nitrogen and oxygen atoms in total. The Bertz CT molecular complexity index is 227. The number of nitrogens with two attached hydrogens (primary N) is 1. The van der Waals surface area contributed by atoms with Crippen molar-refractivity contribution in [2.45, 2.75) is 33.1 Å². The Balaban J connectivity index is 3.55. The third-order valence-electron chi connectivity index (χ3n) is 2.32. The van der Waals surface area contributed by atoms with E-state index < -0.39 is 0 Å². The van der Waals surface area contributed by atoms with Gasteiger partial charge >= 0.3 is 6.03 Å². The number of hydrogen-bond acceptors (Lipinski definition) is 3. The SMILES string of the molecule is CCN(CC)C(=O)NCCCCC(N)=NO. The summed E-state index contributed by atoms with van der Waals surface area (Å²) in [6.45, 7) is 5.94. The molecular formula is C10H22N4O2. The number of nitrogens with zero attached hydrogens (tertiary/aromatic N) is 2. The molecule has 0 unspecified atom stereocenters. The van der Waals surface area contributed by atoms with Gasteiger partial charge in [0.15, 0.2) is 0 Å². The molecular weight excluding hydrogens is 208 g/mol.